The maximum absolute atomic E-state index is 12.3. The van der Waals surface area contributed by atoms with E-state index in [0.29, 0.717) is 18.9 Å². The molecule has 1 aliphatic carbocycles. The van der Waals surface area contributed by atoms with Gasteiger partial charge in [-0.1, -0.05) is 29.8 Å². The summed E-state index contributed by atoms with van der Waals surface area (Å²) in [4.78, 5) is 28.3. The highest BCUT2D eigenvalue weighted by atomic mass is 16.4. The van der Waals surface area contributed by atoms with Crippen molar-refractivity contribution < 1.29 is 14.7 Å². The van der Waals surface area contributed by atoms with E-state index < -0.39 is 12.0 Å². The highest BCUT2D eigenvalue weighted by molar-refractivity contribution is 5.81. The van der Waals surface area contributed by atoms with E-state index in [-0.39, 0.29) is 11.3 Å². The van der Waals surface area contributed by atoms with Gasteiger partial charge in [0.05, 0.1) is 0 Å². The molecule has 1 aromatic carbocycles. The summed E-state index contributed by atoms with van der Waals surface area (Å²) in [5, 5.41) is 9.73. The first kappa shape index (κ1) is 17.5. The van der Waals surface area contributed by atoms with Crippen LogP contribution in [0.2, 0.25) is 0 Å². The van der Waals surface area contributed by atoms with Crippen molar-refractivity contribution >= 4 is 11.9 Å². The van der Waals surface area contributed by atoms with Crippen molar-refractivity contribution in [1.29, 1.82) is 0 Å². The number of carboxylic acids is 1. The van der Waals surface area contributed by atoms with Crippen LogP contribution in [-0.4, -0.2) is 52.5 Å². The highest BCUT2D eigenvalue weighted by Gasteiger charge is 2.49. The van der Waals surface area contributed by atoms with Crippen molar-refractivity contribution in [2.45, 2.75) is 51.6 Å². The summed E-state index contributed by atoms with van der Waals surface area (Å²) < 4.78 is 0. The van der Waals surface area contributed by atoms with Gasteiger partial charge in [-0.15, -0.1) is 0 Å². The number of hydrogen-bond donors (Lipinski definition) is 1. The molecule has 26 heavy (non-hydrogen) atoms. The van der Waals surface area contributed by atoms with Crippen LogP contribution in [0.3, 0.4) is 0 Å². The molecule has 1 spiro atoms. The number of carboxylic acid groups (broad SMARTS) is 1. The number of piperidine rings is 1. The van der Waals surface area contributed by atoms with Gasteiger partial charge in [-0.3, -0.25) is 14.5 Å². The Morgan fingerprint density at radius 2 is 1.81 bits per heavy atom. The number of rotatable bonds is 4. The molecular formula is C21H28N2O3. The van der Waals surface area contributed by atoms with Crippen LogP contribution in [0.25, 0.3) is 0 Å². The van der Waals surface area contributed by atoms with Gasteiger partial charge >= 0.3 is 5.97 Å². The molecule has 5 heteroatoms. The second-order valence-electron chi connectivity index (χ2n) is 8.55. The Balaban J connectivity index is 1.43. The van der Waals surface area contributed by atoms with Crippen LogP contribution in [0, 0.1) is 18.3 Å². The number of aliphatic carboxylic acids is 1. The Labute approximate surface area is 155 Å². The van der Waals surface area contributed by atoms with E-state index in [1.165, 1.54) is 11.1 Å². The first-order valence-electron chi connectivity index (χ1n) is 9.77. The predicted molar refractivity (Wildman–Crippen MR) is 98.6 cm³/mol. The Morgan fingerprint density at radius 1 is 1.15 bits per heavy atom. The smallest absolute Gasteiger partial charge is 0.320 e. The summed E-state index contributed by atoms with van der Waals surface area (Å²) in [7, 11) is 0. The fourth-order valence-corrected chi connectivity index (χ4v) is 4.63. The van der Waals surface area contributed by atoms with E-state index in [0.717, 1.165) is 45.3 Å². The maximum atomic E-state index is 12.3. The third-order valence-corrected chi connectivity index (χ3v) is 6.46. The zero-order valence-electron chi connectivity index (χ0n) is 15.5. The van der Waals surface area contributed by atoms with Gasteiger partial charge in [0, 0.05) is 32.1 Å². The molecule has 2 aliphatic heterocycles. The molecule has 0 unspecified atom stereocenters. The molecular weight excluding hydrogens is 328 g/mol. The lowest BCUT2D eigenvalue weighted by Crippen LogP contribution is -2.44. The quantitative estimate of drug-likeness (QED) is 0.901. The van der Waals surface area contributed by atoms with E-state index in [1.54, 1.807) is 0 Å². The highest BCUT2D eigenvalue weighted by Crippen LogP contribution is 2.45. The molecule has 4 rings (SSSR count). The summed E-state index contributed by atoms with van der Waals surface area (Å²) >= 11 is 0. The standard InChI is InChI=1S/C21H28N2O3/c1-15-2-4-16(5-3-15)13-23-14-21(12-18(23)20(25)26)8-10-22(11-9-21)19(24)17-6-7-17/h2-5,17-18H,6-14H2,1H3,(H,25,26)/t18-/m1/s1. The predicted octanol–water partition coefficient (Wildman–Crippen LogP) is 2.67. The molecule has 1 atom stereocenters. The number of aryl methyl sites for hydroxylation is 1. The van der Waals surface area contributed by atoms with Crippen LogP contribution >= 0.6 is 0 Å². The third kappa shape index (κ3) is 3.50. The number of nitrogens with zero attached hydrogens (tertiary/aromatic N) is 2. The van der Waals surface area contributed by atoms with Gasteiger partial charge in [0.25, 0.3) is 0 Å². The van der Waals surface area contributed by atoms with Crippen LogP contribution in [0.1, 0.15) is 43.2 Å². The molecule has 1 N–H and O–H groups in total. The van der Waals surface area contributed by atoms with Gasteiger partial charge in [-0.25, -0.2) is 0 Å². The van der Waals surface area contributed by atoms with Crippen LogP contribution in [-0.2, 0) is 16.1 Å². The lowest BCUT2D eigenvalue weighted by Gasteiger charge is -2.39. The molecule has 1 saturated carbocycles. The van der Waals surface area contributed by atoms with Gasteiger partial charge in [-0.05, 0) is 50.0 Å². The molecule has 3 fully saturated rings. The number of hydrogen-bond acceptors (Lipinski definition) is 3. The summed E-state index contributed by atoms with van der Waals surface area (Å²) in [5.74, 6) is -0.118. The zero-order valence-corrected chi connectivity index (χ0v) is 15.5. The average Bonchev–Trinajstić information content (AvgIpc) is 3.41. The van der Waals surface area contributed by atoms with Gasteiger partial charge in [-0.2, -0.15) is 0 Å². The molecule has 140 valence electrons. The molecule has 0 aromatic heterocycles. The largest absolute Gasteiger partial charge is 0.480 e. The molecule has 1 aromatic rings. The number of carbonyl (C=O) groups excluding carboxylic acids is 1. The SMILES string of the molecule is Cc1ccc(CN2CC3(CCN(C(=O)C4CC4)CC3)C[C@@H]2C(=O)O)cc1. The fraction of sp³-hybridized carbons (Fsp3) is 0.619. The number of benzene rings is 1. The lowest BCUT2D eigenvalue weighted by atomic mass is 9.76. The average molecular weight is 356 g/mol. The summed E-state index contributed by atoms with van der Waals surface area (Å²) in [6, 6.07) is 7.94. The van der Waals surface area contributed by atoms with Crippen molar-refractivity contribution in [3.8, 4) is 0 Å². The normalized spacial score (nSPS) is 25.6. The minimum atomic E-state index is -0.717. The van der Waals surface area contributed by atoms with Gasteiger partial charge in [0.2, 0.25) is 5.91 Å². The minimum Gasteiger partial charge on any atom is -0.480 e. The molecule has 2 heterocycles. The van der Waals surface area contributed by atoms with E-state index in [9.17, 15) is 14.7 Å². The van der Waals surface area contributed by atoms with Crippen LogP contribution in [0.4, 0.5) is 0 Å². The number of likely N-dealkylation sites (tertiary alicyclic amines) is 2. The zero-order chi connectivity index (χ0) is 18.3. The van der Waals surface area contributed by atoms with Crippen molar-refractivity contribution in [2.24, 2.45) is 11.3 Å². The molecule has 3 aliphatic rings. The number of amides is 1. The van der Waals surface area contributed by atoms with Gasteiger partial charge in [0.1, 0.15) is 6.04 Å². The van der Waals surface area contributed by atoms with Crippen molar-refractivity contribution in [3.05, 3.63) is 35.4 Å². The molecule has 1 amide bonds. The van der Waals surface area contributed by atoms with E-state index >= 15 is 0 Å². The fourth-order valence-electron chi connectivity index (χ4n) is 4.63. The van der Waals surface area contributed by atoms with E-state index in [1.807, 2.05) is 4.90 Å². The second-order valence-corrected chi connectivity index (χ2v) is 8.55. The molecule has 5 nitrogen and oxygen atoms in total. The summed E-state index contributed by atoms with van der Waals surface area (Å²) in [6.45, 7) is 5.15. The third-order valence-electron chi connectivity index (χ3n) is 6.46. The Hall–Kier alpha value is -1.88. The number of carbonyl (C=O) groups is 2. The molecule has 0 radical (unpaired) electrons. The van der Waals surface area contributed by atoms with Crippen LogP contribution in [0.15, 0.2) is 24.3 Å². The Kier molecular flexibility index (Phi) is 4.51. The lowest BCUT2D eigenvalue weighted by molar-refractivity contribution is -0.142. The molecule has 0 bridgehead atoms. The van der Waals surface area contributed by atoms with Crippen molar-refractivity contribution in [2.75, 3.05) is 19.6 Å². The first-order valence-corrected chi connectivity index (χ1v) is 9.77. The first-order chi connectivity index (χ1) is 12.5. The van der Waals surface area contributed by atoms with E-state index in [2.05, 4.69) is 36.1 Å². The van der Waals surface area contributed by atoms with Gasteiger partial charge < -0.3 is 10.0 Å². The summed E-state index contributed by atoms with van der Waals surface area (Å²) in [6.07, 6.45) is 4.66. The monoisotopic (exact) mass is 356 g/mol. The van der Waals surface area contributed by atoms with Crippen LogP contribution < -0.4 is 0 Å². The second kappa shape index (κ2) is 6.69. The maximum Gasteiger partial charge on any atom is 0.320 e. The summed E-state index contributed by atoms with van der Waals surface area (Å²) in [5.41, 5.74) is 2.43. The molecule has 2 saturated heterocycles. The minimum absolute atomic E-state index is 0.0497. The van der Waals surface area contributed by atoms with Crippen molar-refractivity contribution in [1.82, 2.24) is 9.80 Å². The van der Waals surface area contributed by atoms with Crippen LogP contribution in [0.5, 0.6) is 0 Å². The van der Waals surface area contributed by atoms with E-state index in [4.69, 9.17) is 0 Å². The Morgan fingerprint density at radius 3 is 2.38 bits per heavy atom. The van der Waals surface area contributed by atoms with Gasteiger partial charge in [0.15, 0.2) is 0 Å². The topological polar surface area (TPSA) is 60.9 Å². The van der Waals surface area contributed by atoms with Crippen molar-refractivity contribution in [3.63, 3.8) is 0 Å². The Bertz CT molecular complexity index is 688.